The first kappa shape index (κ1) is 20.4. The third-order valence-corrected chi connectivity index (χ3v) is 4.40. The molecule has 0 spiro atoms. The first-order valence-electron chi connectivity index (χ1n) is 9.60. The Bertz CT molecular complexity index is 968. The van der Waals surface area contributed by atoms with Crippen molar-refractivity contribution < 1.29 is 18.8 Å². The summed E-state index contributed by atoms with van der Waals surface area (Å²) in [4.78, 5) is 16.6. The van der Waals surface area contributed by atoms with Gasteiger partial charge in [-0.1, -0.05) is 23.4 Å². The lowest BCUT2D eigenvalue weighted by molar-refractivity contribution is -0.116. The van der Waals surface area contributed by atoms with Crippen LogP contribution < -0.4 is 14.8 Å². The molecule has 7 heteroatoms. The van der Waals surface area contributed by atoms with Crippen molar-refractivity contribution in [2.75, 3.05) is 19.0 Å². The van der Waals surface area contributed by atoms with Crippen LogP contribution in [0.15, 0.2) is 47.0 Å². The summed E-state index contributed by atoms with van der Waals surface area (Å²) in [6.07, 6.45) is 1.53. The first-order valence-corrected chi connectivity index (χ1v) is 9.60. The Hall–Kier alpha value is -3.35. The largest absolute Gasteiger partial charge is 0.493 e. The van der Waals surface area contributed by atoms with Crippen molar-refractivity contribution in [3.8, 4) is 22.9 Å². The van der Waals surface area contributed by atoms with Gasteiger partial charge in [0.05, 0.1) is 13.7 Å². The van der Waals surface area contributed by atoms with Crippen LogP contribution in [0.5, 0.6) is 11.5 Å². The van der Waals surface area contributed by atoms with Gasteiger partial charge in [0, 0.05) is 24.1 Å². The summed E-state index contributed by atoms with van der Waals surface area (Å²) in [6.45, 7) is 4.44. The molecule has 29 heavy (non-hydrogen) atoms. The Morgan fingerprint density at radius 1 is 1.17 bits per heavy atom. The van der Waals surface area contributed by atoms with E-state index in [1.807, 2.05) is 56.3 Å². The van der Waals surface area contributed by atoms with E-state index in [0.29, 0.717) is 49.1 Å². The number of rotatable bonds is 9. The molecule has 3 rings (SSSR count). The summed E-state index contributed by atoms with van der Waals surface area (Å²) < 4.78 is 16.2. The number of ether oxygens (including phenoxy) is 2. The zero-order valence-corrected chi connectivity index (χ0v) is 16.9. The predicted molar refractivity (Wildman–Crippen MR) is 110 cm³/mol. The van der Waals surface area contributed by atoms with Gasteiger partial charge < -0.3 is 19.3 Å². The number of carbonyl (C=O) groups excluding carboxylic acids is 1. The fourth-order valence-electron chi connectivity index (χ4n) is 2.88. The zero-order valence-electron chi connectivity index (χ0n) is 16.9. The van der Waals surface area contributed by atoms with Crippen molar-refractivity contribution in [3.63, 3.8) is 0 Å². The van der Waals surface area contributed by atoms with E-state index in [1.165, 1.54) is 0 Å². The second-order valence-electron chi connectivity index (χ2n) is 6.53. The molecule has 2 aromatic carbocycles. The molecule has 3 aromatic rings. The molecule has 0 saturated carbocycles. The second kappa shape index (κ2) is 9.73. The van der Waals surface area contributed by atoms with Gasteiger partial charge >= 0.3 is 0 Å². The third-order valence-electron chi connectivity index (χ3n) is 4.40. The molecule has 0 fully saturated rings. The lowest BCUT2D eigenvalue weighted by atomic mass is 10.2. The van der Waals surface area contributed by atoms with Gasteiger partial charge in [0.1, 0.15) is 0 Å². The van der Waals surface area contributed by atoms with E-state index in [4.69, 9.17) is 14.0 Å². The summed E-state index contributed by atoms with van der Waals surface area (Å²) in [5.74, 6) is 2.23. The number of benzene rings is 2. The maximum Gasteiger partial charge on any atom is 0.226 e. The van der Waals surface area contributed by atoms with Crippen molar-refractivity contribution in [2.24, 2.45) is 0 Å². The van der Waals surface area contributed by atoms with E-state index >= 15 is 0 Å². The van der Waals surface area contributed by atoms with Crippen LogP contribution >= 0.6 is 0 Å². The maximum atomic E-state index is 12.1. The smallest absolute Gasteiger partial charge is 0.226 e. The molecule has 7 nitrogen and oxygen atoms in total. The van der Waals surface area contributed by atoms with Gasteiger partial charge in [-0.2, -0.15) is 4.98 Å². The Balaban J connectivity index is 1.55. The predicted octanol–water partition coefficient (Wildman–Crippen LogP) is 4.41. The van der Waals surface area contributed by atoms with Gasteiger partial charge in [-0.3, -0.25) is 4.79 Å². The molecule has 1 heterocycles. The Morgan fingerprint density at radius 3 is 2.76 bits per heavy atom. The highest BCUT2D eigenvalue weighted by molar-refractivity contribution is 5.91. The first-order chi connectivity index (χ1) is 14.1. The lowest BCUT2D eigenvalue weighted by Crippen LogP contribution is -2.12. The van der Waals surface area contributed by atoms with E-state index in [0.717, 1.165) is 16.8 Å². The highest BCUT2D eigenvalue weighted by Gasteiger charge is 2.13. The Labute approximate surface area is 170 Å². The molecule has 1 aromatic heterocycles. The van der Waals surface area contributed by atoms with Gasteiger partial charge in [-0.15, -0.1) is 0 Å². The van der Waals surface area contributed by atoms with Gasteiger partial charge in [-0.25, -0.2) is 0 Å². The molecule has 1 amide bonds. The van der Waals surface area contributed by atoms with Crippen LogP contribution in [0.25, 0.3) is 11.4 Å². The van der Waals surface area contributed by atoms with E-state index in [2.05, 4.69) is 15.5 Å². The number of amides is 1. The molecule has 152 valence electrons. The minimum absolute atomic E-state index is 0.0321. The number of anilines is 1. The van der Waals surface area contributed by atoms with Crippen LogP contribution in [0.2, 0.25) is 0 Å². The number of nitrogens with zero attached hydrogens (tertiary/aromatic N) is 2. The summed E-state index contributed by atoms with van der Waals surface area (Å²) in [5.41, 5.74) is 2.65. The average Bonchev–Trinajstić information content (AvgIpc) is 3.19. The normalized spacial score (nSPS) is 10.6. The summed E-state index contributed by atoms with van der Waals surface area (Å²) in [5, 5.41) is 6.96. The van der Waals surface area contributed by atoms with Crippen LogP contribution in [0.3, 0.4) is 0 Å². The maximum absolute atomic E-state index is 12.1. The van der Waals surface area contributed by atoms with Crippen molar-refractivity contribution in [1.82, 2.24) is 10.1 Å². The minimum atomic E-state index is -0.0321. The molecule has 1 N–H and O–H groups in total. The van der Waals surface area contributed by atoms with Crippen molar-refractivity contribution in [2.45, 2.75) is 33.1 Å². The number of carbonyl (C=O) groups is 1. The fraction of sp³-hybridized carbons (Fsp3) is 0.318. The molecule has 0 bridgehead atoms. The van der Waals surface area contributed by atoms with Crippen LogP contribution in [-0.4, -0.2) is 29.8 Å². The number of methoxy groups -OCH3 is 1. The Kier molecular flexibility index (Phi) is 6.84. The zero-order chi connectivity index (χ0) is 20.6. The molecule has 0 radical (unpaired) electrons. The molecular weight excluding hydrogens is 370 g/mol. The number of nitrogens with one attached hydrogen (secondary N) is 1. The van der Waals surface area contributed by atoms with Crippen LogP contribution in [0.1, 0.15) is 31.2 Å². The molecular formula is C22H25N3O4. The summed E-state index contributed by atoms with van der Waals surface area (Å²) in [6, 6.07) is 13.2. The van der Waals surface area contributed by atoms with Gasteiger partial charge in [0.15, 0.2) is 11.5 Å². The van der Waals surface area contributed by atoms with Crippen molar-refractivity contribution in [1.29, 1.82) is 0 Å². The van der Waals surface area contributed by atoms with E-state index < -0.39 is 0 Å². The van der Waals surface area contributed by atoms with E-state index in [-0.39, 0.29) is 5.91 Å². The Morgan fingerprint density at radius 2 is 2.00 bits per heavy atom. The topological polar surface area (TPSA) is 86.5 Å². The fourth-order valence-corrected chi connectivity index (χ4v) is 2.88. The van der Waals surface area contributed by atoms with Crippen LogP contribution in [0, 0.1) is 6.92 Å². The van der Waals surface area contributed by atoms with Gasteiger partial charge in [0.2, 0.25) is 17.6 Å². The van der Waals surface area contributed by atoms with E-state index in [1.54, 1.807) is 7.11 Å². The average molecular weight is 395 g/mol. The number of aromatic nitrogens is 2. The number of hydrogen-bond acceptors (Lipinski definition) is 6. The monoisotopic (exact) mass is 395 g/mol. The molecule has 0 atom stereocenters. The molecule has 0 saturated heterocycles. The standard InChI is InChI=1S/C22H25N3O4/c1-4-28-18-13-12-16(14-19(18)27-3)22-24-21(29-25-22)11-7-10-20(26)23-17-9-6-5-8-15(17)2/h5-6,8-9,12-14H,4,7,10-11H2,1-3H3,(H,23,26). The quantitative estimate of drug-likeness (QED) is 0.577. The minimum Gasteiger partial charge on any atom is -0.493 e. The number of para-hydroxylation sites is 1. The highest BCUT2D eigenvalue weighted by atomic mass is 16.5. The summed E-state index contributed by atoms with van der Waals surface area (Å²) >= 11 is 0. The third kappa shape index (κ3) is 5.34. The van der Waals surface area contributed by atoms with Crippen LogP contribution in [0.4, 0.5) is 5.69 Å². The van der Waals surface area contributed by atoms with Crippen molar-refractivity contribution >= 4 is 11.6 Å². The molecule has 0 aliphatic rings. The molecule has 0 aliphatic carbocycles. The lowest BCUT2D eigenvalue weighted by Gasteiger charge is -2.09. The van der Waals surface area contributed by atoms with Gasteiger partial charge in [0.25, 0.3) is 0 Å². The second-order valence-corrected chi connectivity index (χ2v) is 6.53. The number of aryl methyl sites for hydroxylation is 2. The molecule has 0 unspecified atom stereocenters. The van der Waals surface area contributed by atoms with Crippen molar-refractivity contribution in [3.05, 3.63) is 53.9 Å². The van der Waals surface area contributed by atoms with Crippen LogP contribution in [-0.2, 0) is 11.2 Å². The highest BCUT2D eigenvalue weighted by Crippen LogP contribution is 2.31. The van der Waals surface area contributed by atoms with Gasteiger partial charge in [-0.05, 0) is 50.1 Å². The molecule has 0 aliphatic heterocycles. The SMILES string of the molecule is CCOc1ccc(-c2noc(CCCC(=O)Nc3ccccc3C)n2)cc1OC. The van der Waals surface area contributed by atoms with E-state index in [9.17, 15) is 4.79 Å². The summed E-state index contributed by atoms with van der Waals surface area (Å²) in [7, 11) is 1.59. The number of hydrogen-bond donors (Lipinski definition) is 1.